The van der Waals surface area contributed by atoms with E-state index in [1.54, 1.807) is 6.20 Å². The number of rotatable bonds is 6. The van der Waals surface area contributed by atoms with Crippen LogP contribution in [0, 0.1) is 0 Å². The first-order valence-electron chi connectivity index (χ1n) is 21.3. The lowest BCUT2D eigenvalue weighted by molar-refractivity contribution is 0.666. The van der Waals surface area contributed by atoms with Crippen LogP contribution < -0.4 is 0 Å². The van der Waals surface area contributed by atoms with Crippen LogP contribution in [0.2, 0.25) is 0 Å². The zero-order valence-corrected chi connectivity index (χ0v) is 34.0. The quantitative estimate of drug-likeness (QED) is 0.168. The summed E-state index contributed by atoms with van der Waals surface area (Å²) in [6.07, 6.45) is 1.79. The Labute approximate surface area is 362 Å². The standard InChI is InChI=1S/C58H36N4O/c1-2-18-44(19-3-1)61-52-24-7-4-21-46(52)49-34-41(27-29-54(49)61)42-28-30-55-50(35-42)47-22-5-8-25-53(47)62(55)45-20-12-16-40(33-45)38-14-10-13-37(31-38)39-15-11-17-43(32-39)57-58-51(36-59-60-57)48-23-6-9-26-56(48)63-58/h1-36H. The van der Waals surface area contributed by atoms with Gasteiger partial charge >= 0.3 is 0 Å². The number of para-hydroxylation sites is 4. The third-order valence-electron chi connectivity index (χ3n) is 12.7. The maximum atomic E-state index is 6.32. The fourth-order valence-corrected chi connectivity index (χ4v) is 9.74. The fraction of sp³-hybridized carbons (Fsp3) is 0. The van der Waals surface area contributed by atoms with Crippen LogP contribution in [0.1, 0.15) is 0 Å². The SMILES string of the molecule is c1ccc(-n2c3ccccc3c3cc(-c4ccc5c(c4)c4ccccc4n5-c4cccc(-c5cccc(-c6cccc(-c7nncc8c7oc7ccccc78)c6)c5)c4)ccc32)cc1. The molecule has 0 atom stereocenters. The summed E-state index contributed by atoms with van der Waals surface area (Å²) in [4.78, 5) is 0. The predicted molar refractivity (Wildman–Crippen MR) is 260 cm³/mol. The molecule has 0 saturated heterocycles. The lowest BCUT2D eigenvalue weighted by atomic mass is 9.97. The van der Waals surface area contributed by atoms with Gasteiger partial charge in [-0.05, 0) is 112 Å². The molecule has 63 heavy (non-hydrogen) atoms. The molecular formula is C58H36N4O. The lowest BCUT2D eigenvalue weighted by Gasteiger charge is -2.12. The zero-order chi connectivity index (χ0) is 41.4. The average Bonchev–Trinajstić information content (AvgIpc) is 4.02. The Balaban J connectivity index is 0.877. The maximum absolute atomic E-state index is 6.32. The predicted octanol–water partition coefficient (Wildman–Crippen LogP) is 15.2. The minimum Gasteiger partial charge on any atom is -0.454 e. The molecule has 0 N–H and O–H groups in total. The molecule has 0 aliphatic rings. The molecule has 5 nitrogen and oxygen atoms in total. The van der Waals surface area contributed by atoms with Crippen molar-refractivity contribution in [2.45, 2.75) is 0 Å². The zero-order valence-electron chi connectivity index (χ0n) is 34.0. The van der Waals surface area contributed by atoms with Crippen molar-refractivity contribution in [3.63, 3.8) is 0 Å². The minimum absolute atomic E-state index is 0.737. The van der Waals surface area contributed by atoms with E-state index in [1.165, 1.54) is 54.7 Å². The topological polar surface area (TPSA) is 48.8 Å². The molecule has 0 amide bonds. The maximum Gasteiger partial charge on any atom is 0.165 e. The second-order valence-corrected chi connectivity index (χ2v) is 16.3. The molecule has 4 aromatic heterocycles. The molecule has 294 valence electrons. The van der Waals surface area contributed by atoms with E-state index in [-0.39, 0.29) is 0 Å². The van der Waals surface area contributed by atoms with E-state index in [2.05, 4.69) is 213 Å². The first kappa shape index (κ1) is 35.2. The van der Waals surface area contributed by atoms with E-state index in [0.717, 1.165) is 66.8 Å². The highest BCUT2D eigenvalue weighted by Crippen LogP contribution is 2.40. The molecule has 0 aliphatic heterocycles. The molecule has 0 bridgehead atoms. The molecule has 0 radical (unpaired) electrons. The highest BCUT2D eigenvalue weighted by atomic mass is 16.3. The molecule has 13 rings (SSSR count). The van der Waals surface area contributed by atoms with Gasteiger partial charge in [-0.2, -0.15) is 5.10 Å². The Morgan fingerprint density at radius 2 is 0.794 bits per heavy atom. The highest BCUT2D eigenvalue weighted by Gasteiger charge is 2.18. The summed E-state index contributed by atoms with van der Waals surface area (Å²) in [5, 5.41) is 15.9. The van der Waals surface area contributed by atoms with E-state index in [4.69, 9.17) is 4.42 Å². The van der Waals surface area contributed by atoms with E-state index in [9.17, 15) is 0 Å². The molecular weight excluding hydrogens is 769 g/mol. The second kappa shape index (κ2) is 14.0. The Bertz CT molecular complexity index is 3930. The molecule has 4 heterocycles. The van der Waals surface area contributed by atoms with Crippen LogP contribution in [0.3, 0.4) is 0 Å². The van der Waals surface area contributed by atoms with Crippen molar-refractivity contribution >= 4 is 65.6 Å². The van der Waals surface area contributed by atoms with Gasteiger partial charge in [-0.1, -0.05) is 133 Å². The Morgan fingerprint density at radius 1 is 0.317 bits per heavy atom. The van der Waals surface area contributed by atoms with Crippen molar-refractivity contribution < 1.29 is 4.42 Å². The van der Waals surface area contributed by atoms with Gasteiger partial charge in [-0.25, -0.2) is 0 Å². The summed E-state index contributed by atoms with van der Waals surface area (Å²) in [5.74, 6) is 0. The van der Waals surface area contributed by atoms with Crippen molar-refractivity contribution in [2.24, 2.45) is 0 Å². The normalized spacial score (nSPS) is 11.8. The Morgan fingerprint density at radius 3 is 1.46 bits per heavy atom. The van der Waals surface area contributed by atoms with Gasteiger partial charge in [0, 0.05) is 43.9 Å². The van der Waals surface area contributed by atoms with Crippen LogP contribution in [0.15, 0.2) is 223 Å². The molecule has 0 spiro atoms. The van der Waals surface area contributed by atoms with Crippen molar-refractivity contribution in [3.8, 4) is 56.0 Å². The number of aromatic nitrogens is 4. The summed E-state index contributed by atoms with van der Waals surface area (Å²) >= 11 is 0. The minimum atomic E-state index is 0.737. The average molecular weight is 805 g/mol. The molecule has 13 aromatic rings. The summed E-state index contributed by atoms with van der Waals surface area (Å²) < 4.78 is 11.1. The van der Waals surface area contributed by atoms with Crippen LogP contribution in [0.25, 0.3) is 122 Å². The van der Waals surface area contributed by atoms with Gasteiger partial charge < -0.3 is 13.6 Å². The first-order chi connectivity index (χ1) is 31.2. The van der Waals surface area contributed by atoms with Crippen LogP contribution in [-0.4, -0.2) is 19.3 Å². The molecule has 0 saturated carbocycles. The van der Waals surface area contributed by atoms with E-state index >= 15 is 0 Å². The number of fused-ring (bicyclic) bond motifs is 9. The summed E-state index contributed by atoms with van der Waals surface area (Å²) in [7, 11) is 0. The van der Waals surface area contributed by atoms with Crippen LogP contribution in [0.4, 0.5) is 0 Å². The van der Waals surface area contributed by atoms with Gasteiger partial charge in [-0.3, -0.25) is 0 Å². The van der Waals surface area contributed by atoms with Gasteiger partial charge in [0.25, 0.3) is 0 Å². The molecule has 0 fully saturated rings. The van der Waals surface area contributed by atoms with Crippen LogP contribution >= 0.6 is 0 Å². The molecule has 9 aromatic carbocycles. The molecule has 5 heteroatoms. The lowest BCUT2D eigenvalue weighted by Crippen LogP contribution is -1.94. The first-order valence-corrected chi connectivity index (χ1v) is 21.3. The third kappa shape index (κ3) is 5.64. The van der Waals surface area contributed by atoms with Gasteiger partial charge in [0.2, 0.25) is 0 Å². The van der Waals surface area contributed by atoms with Gasteiger partial charge in [-0.15, -0.1) is 5.10 Å². The van der Waals surface area contributed by atoms with Crippen LogP contribution in [-0.2, 0) is 0 Å². The molecule has 0 unspecified atom stereocenters. The van der Waals surface area contributed by atoms with Crippen molar-refractivity contribution in [3.05, 3.63) is 219 Å². The highest BCUT2D eigenvalue weighted by molar-refractivity contribution is 6.13. The Hall–Kier alpha value is -8.54. The number of furan rings is 1. The third-order valence-corrected chi connectivity index (χ3v) is 12.7. The van der Waals surface area contributed by atoms with Crippen molar-refractivity contribution in [1.29, 1.82) is 0 Å². The van der Waals surface area contributed by atoms with E-state index in [0.29, 0.717) is 0 Å². The Kier molecular flexibility index (Phi) is 7.84. The number of nitrogens with zero attached hydrogens (tertiary/aromatic N) is 4. The van der Waals surface area contributed by atoms with Gasteiger partial charge in [0.1, 0.15) is 11.3 Å². The van der Waals surface area contributed by atoms with Crippen molar-refractivity contribution in [2.75, 3.05) is 0 Å². The van der Waals surface area contributed by atoms with E-state index in [1.807, 2.05) is 18.2 Å². The van der Waals surface area contributed by atoms with Crippen molar-refractivity contribution in [1.82, 2.24) is 19.3 Å². The molecule has 0 aliphatic carbocycles. The smallest absolute Gasteiger partial charge is 0.165 e. The second-order valence-electron chi connectivity index (χ2n) is 16.3. The summed E-state index contributed by atoms with van der Waals surface area (Å²) in [5.41, 5.74) is 17.2. The van der Waals surface area contributed by atoms with Gasteiger partial charge in [0.15, 0.2) is 5.58 Å². The number of benzene rings is 9. The largest absolute Gasteiger partial charge is 0.454 e. The fourth-order valence-electron chi connectivity index (χ4n) is 9.74. The summed E-state index contributed by atoms with van der Waals surface area (Å²) in [6.45, 7) is 0. The number of hydrogen-bond acceptors (Lipinski definition) is 3. The summed E-state index contributed by atoms with van der Waals surface area (Å²) in [6, 6.07) is 76.2. The monoisotopic (exact) mass is 804 g/mol. The number of hydrogen-bond donors (Lipinski definition) is 0. The van der Waals surface area contributed by atoms with Gasteiger partial charge in [0.05, 0.1) is 33.6 Å². The van der Waals surface area contributed by atoms with Crippen LogP contribution in [0.5, 0.6) is 0 Å². The van der Waals surface area contributed by atoms with E-state index < -0.39 is 0 Å².